The molecule has 0 aliphatic carbocycles. The van der Waals surface area contributed by atoms with E-state index >= 15 is 0 Å². The van der Waals surface area contributed by atoms with E-state index in [1.165, 1.54) is 18.4 Å². The van der Waals surface area contributed by atoms with Gasteiger partial charge in [-0.15, -0.1) is 0 Å². The van der Waals surface area contributed by atoms with Gasteiger partial charge >= 0.3 is 0 Å². The fraction of sp³-hybridized carbons (Fsp3) is 0.591. The van der Waals surface area contributed by atoms with Crippen molar-refractivity contribution < 1.29 is 14.4 Å². The van der Waals surface area contributed by atoms with Crippen LogP contribution >= 0.6 is 0 Å². The first-order valence-corrected chi connectivity index (χ1v) is 10.4. The molecule has 3 amide bonds. The number of hydrogen-bond acceptors (Lipinski definition) is 4. The highest BCUT2D eigenvalue weighted by atomic mass is 16.2. The largest absolute Gasteiger partial charge is 0.356 e. The van der Waals surface area contributed by atoms with Crippen LogP contribution in [0.25, 0.3) is 0 Å². The van der Waals surface area contributed by atoms with Crippen LogP contribution in [0.5, 0.6) is 0 Å². The Morgan fingerprint density at radius 2 is 1.76 bits per heavy atom. The summed E-state index contributed by atoms with van der Waals surface area (Å²) in [5, 5.41) is 5.52. The van der Waals surface area contributed by atoms with E-state index in [2.05, 4.69) is 22.8 Å². The Kier molecular flexibility index (Phi) is 16.2. The third-order valence-corrected chi connectivity index (χ3v) is 3.98. The quantitative estimate of drug-likeness (QED) is 0.573. The van der Waals surface area contributed by atoms with Gasteiger partial charge in [-0.3, -0.25) is 14.4 Å². The van der Waals surface area contributed by atoms with Gasteiger partial charge in [0.2, 0.25) is 18.2 Å². The van der Waals surface area contributed by atoms with E-state index in [0.717, 1.165) is 38.9 Å². The topological polar surface area (TPSA) is 105 Å². The zero-order valence-electron chi connectivity index (χ0n) is 18.2. The van der Waals surface area contributed by atoms with Crippen LogP contribution in [0, 0.1) is 0 Å². The first-order chi connectivity index (χ1) is 13.9. The highest BCUT2D eigenvalue weighted by molar-refractivity contribution is 5.77. The first-order valence-electron chi connectivity index (χ1n) is 10.4. The van der Waals surface area contributed by atoms with Crippen molar-refractivity contribution >= 4 is 18.2 Å². The zero-order chi connectivity index (χ0) is 21.9. The molecule has 0 bridgehead atoms. The Hall–Kier alpha value is -2.41. The first kappa shape index (κ1) is 26.6. The van der Waals surface area contributed by atoms with Crippen molar-refractivity contribution in [3.05, 3.63) is 35.9 Å². The van der Waals surface area contributed by atoms with E-state index < -0.39 is 0 Å². The Morgan fingerprint density at radius 1 is 1.14 bits per heavy atom. The van der Waals surface area contributed by atoms with Crippen LogP contribution in [0.3, 0.4) is 0 Å². The average Bonchev–Trinajstić information content (AvgIpc) is 3.23. The van der Waals surface area contributed by atoms with Gasteiger partial charge in [0.25, 0.3) is 0 Å². The summed E-state index contributed by atoms with van der Waals surface area (Å²) in [6.45, 7) is 8.58. The molecule has 1 saturated heterocycles. The minimum atomic E-state index is -0.0972. The van der Waals surface area contributed by atoms with Gasteiger partial charge in [0.15, 0.2) is 0 Å². The third-order valence-electron chi connectivity index (χ3n) is 3.98. The number of benzene rings is 1. The molecule has 0 atom stereocenters. The number of amides is 3. The van der Waals surface area contributed by atoms with E-state index in [9.17, 15) is 14.4 Å². The number of rotatable bonds is 8. The number of nitrogens with zero attached hydrogens (tertiary/aromatic N) is 1. The van der Waals surface area contributed by atoms with Crippen molar-refractivity contribution in [3.63, 3.8) is 0 Å². The molecule has 7 heteroatoms. The molecule has 0 saturated carbocycles. The van der Waals surface area contributed by atoms with Crippen LogP contribution in [0.2, 0.25) is 0 Å². The third kappa shape index (κ3) is 16.3. The maximum atomic E-state index is 11.1. The number of nitrogens with two attached hydrogens (primary N) is 1. The maximum Gasteiger partial charge on any atom is 0.233 e. The number of carbonyl (C=O) groups is 3. The lowest BCUT2D eigenvalue weighted by Crippen LogP contribution is -2.35. The number of likely N-dealkylation sites (tertiary alicyclic amines) is 1. The van der Waals surface area contributed by atoms with Crippen LogP contribution < -0.4 is 16.4 Å². The lowest BCUT2D eigenvalue weighted by molar-refractivity contribution is -0.121. The van der Waals surface area contributed by atoms with Crippen molar-refractivity contribution in [3.8, 4) is 0 Å². The van der Waals surface area contributed by atoms with Gasteiger partial charge in [-0.1, -0.05) is 37.3 Å². The summed E-state index contributed by atoms with van der Waals surface area (Å²) in [6, 6.07) is 10.4. The van der Waals surface area contributed by atoms with Gasteiger partial charge < -0.3 is 21.3 Å². The summed E-state index contributed by atoms with van der Waals surface area (Å²) < 4.78 is 0. The molecular formula is C22H38N4O3. The molecule has 0 spiro atoms. The average molecular weight is 407 g/mol. The van der Waals surface area contributed by atoms with Gasteiger partial charge in [-0.25, -0.2) is 0 Å². The molecule has 0 unspecified atom stereocenters. The maximum absolute atomic E-state index is 11.1. The molecule has 2 rings (SSSR count). The molecule has 1 fully saturated rings. The highest BCUT2D eigenvalue weighted by Crippen LogP contribution is 2.02. The second kappa shape index (κ2) is 17.7. The molecule has 1 aliphatic heterocycles. The van der Waals surface area contributed by atoms with Crippen LogP contribution in [-0.2, 0) is 20.8 Å². The summed E-state index contributed by atoms with van der Waals surface area (Å²) in [4.78, 5) is 33.2. The highest BCUT2D eigenvalue weighted by Gasteiger charge is 2.06. The molecule has 0 radical (unpaired) electrons. The monoisotopic (exact) mass is 406 g/mol. The van der Waals surface area contributed by atoms with E-state index in [0.29, 0.717) is 6.42 Å². The second-order valence-corrected chi connectivity index (χ2v) is 7.11. The molecule has 164 valence electrons. The molecular weight excluding hydrogens is 368 g/mol. The molecule has 1 aliphatic rings. The Morgan fingerprint density at radius 3 is 2.17 bits per heavy atom. The Bertz CT molecular complexity index is 558. The number of carbonyl (C=O) groups excluding carboxylic acids is 3. The molecule has 29 heavy (non-hydrogen) atoms. The Balaban J connectivity index is 0.000000444. The smallest absolute Gasteiger partial charge is 0.233 e. The van der Waals surface area contributed by atoms with Crippen LogP contribution in [0.15, 0.2) is 30.3 Å². The predicted octanol–water partition coefficient (Wildman–Crippen LogP) is 1.85. The van der Waals surface area contributed by atoms with Crippen molar-refractivity contribution in [2.45, 2.75) is 58.9 Å². The fourth-order valence-electron chi connectivity index (χ4n) is 2.53. The van der Waals surface area contributed by atoms with Crippen LogP contribution in [0.1, 0.15) is 52.0 Å². The normalized spacial score (nSPS) is 12.2. The van der Waals surface area contributed by atoms with E-state index in [1.807, 2.05) is 39.0 Å². The molecule has 0 aromatic heterocycles. The standard InChI is InChI=1S/C12H17NO.C5H12N2O.C5H9NO/c1-2-6-12(14)13-10-9-11-7-4-3-5-8-11;1-4(2)7-5(8)3-6;7-5-6-3-1-2-4-6/h3-5,7-8H,2,6,9-10H2,1H3,(H,13,14);4H,3,6H2,1-2H3,(H,7,8);5H,1-4H2. The van der Waals surface area contributed by atoms with E-state index in [-0.39, 0.29) is 24.4 Å². The molecule has 1 heterocycles. The summed E-state index contributed by atoms with van der Waals surface area (Å²) >= 11 is 0. The van der Waals surface area contributed by atoms with E-state index in [1.54, 1.807) is 4.90 Å². The molecule has 1 aromatic rings. The van der Waals surface area contributed by atoms with Gasteiger partial charge in [-0.2, -0.15) is 0 Å². The SMILES string of the molecule is CC(C)NC(=O)CN.CCCC(=O)NCCc1ccccc1.O=CN1CCCC1. The summed E-state index contributed by atoms with van der Waals surface area (Å²) in [7, 11) is 0. The summed E-state index contributed by atoms with van der Waals surface area (Å²) in [5.74, 6) is 0.0587. The van der Waals surface area contributed by atoms with Crippen LogP contribution in [-0.4, -0.2) is 55.3 Å². The minimum absolute atomic E-state index is 0.0815. The van der Waals surface area contributed by atoms with Crippen LogP contribution in [0.4, 0.5) is 0 Å². The zero-order valence-corrected chi connectivity index (χ0v) is 18.2. The van der Waals surface area contributed by atoms with Crippen molar-refractivity contribution in [2.24, 2.45) is 5.73 Å². The number of hydrogen-bond donors (Lipinski definition) is 3. The van der Waals surface area contributed by atoms with E-state index in [4.69, 9.17) is 5.73 Å². The van der Waals surface area contributed by atoms with Gasteiger partial charge in [-0.05, 0) is 45.1 Å². The van der Waals surface area contributed by atoms with Crippen molar-refractivity contribution in [1.29, 1.82) is 0 Å². The lowest BCUT2D eigenvalue weighted by atomic mass is 10.1. The van der Waals surface area contributed by atoms with Gasteiger partial charge in [0, 0.05) is 32.1 Å². The summed E-state index contributed by atoms with van der Waals surface area (Å²) in [5.41, 5.74) is 6.28. The minimum Gasteiger partial charge on any atom is -0.356 e. The number of nitrogens with one attached hydrogen (secondary N) is 2. The predicted molar refractivity (Wildman–Crippen MR) is 117 cm³/mol. The van der Waals surface area contributed by atoms with Crippen molar-refractivity contribution in [2.75, 3.05) is 26.2 Å². The second-order valence-electron chi connectivity index (χ2n) is 7.11. The van der Waals surface area contributed by atoms with Gasteiger partial charge in [0.05, 0.1) is 6.54 Å². The molecule has 7 nitrogen and oxygen atoms in total. The Labute approximate surface area is 175 Å². The van der Waals surface area contributed by atoms with Crippen molar-refractivity contribution in [1.82, 2.24) is 15.5 Å². The van der Waals surface area contributed by atoms with Gasteiger partial charge in [0.1, 0.15) is 0 Å². The summed E-state index contributed by atoms with van der Waals surface area (Å²) in [6.07, 6.45) is 5.77. The fourth-order valence-corrected chi connectivity index (χ4v) is 2.53. The molecule has 4 N–H and O–H groups in total. The lowest BCUT2D eigenvalue weighted by Gasteiger charge is -2.04. The molecule has 1 aromatic carbocycles.